The predicted octanol–water partition coefficient (Wildman–Crippen LogP) is 4.04. The lowest BCUT2D eigenvalue weighted by molar-refractivity contribution is -0.126. The average molecular weight is 399 g/mol. The fourth-order valence-electron chi connectivity index (χ4n) is 4.72. The molecule has 3 aromatic carbocycles. The number of benzene rings is 3. The first-order chi connectivity index (χ1) is 14.7. The first-order valence-corrected chi connectivity index (χ1v) is 10.6. The minimum atomic E-state index is -0.134. The van der Waals surface area contributed by atoms with Gasteiger partial charge in [-0.1, -0.05) is 54.6 Å². The summed E-state index contributed by atoms with van der Waals surface area (Å²) in [5.41, 5.74) is 2.81. The topological polar surface area (TPSA) is 52.7 Å². The van der Waals surface area contributed by atoms with E-state index in [9.17, 15) is 9.59 Å². The van der Waals surface area contributed by atoms with Crippen LogP contribution in [0.2, 0.25) is 0 Å². The number of rotatable bonds is 3. The number of nitrogens with zero attached hydrogens (tertiary/aromatic N) is 2. The molecule has 152 valence electrons. The highest BCUT2D eigenvalue weighted by atomic mass is 16.2. The van der Waals surface area contributed by atoms with Gasteiger partial charge in [0.05, 0.1) is 17.3 Å². The van der Waals surface area contributed by atoms with Crippen LogP contribution in [0.1, 0.15) is 18.4 Å². The number of hydrogen-bond acceptors (Lipinski definition) is 3. The highest BCUT2D eigenvalue weighted by molar-refractivity contribution is 6.10. The minimum Gasteiger partial charge on any atom is -0.323 e. The van der Waals surface area contributed by atoms with Crippen LogP contribution in [0, 0.1) is 5.92 Å². The average Bonchev–Trinajstić information content (AvgIpc) is 2.78. The van der Waals surface area contributed by atoms with E-state index in [0.29, 0.717) is 5.69 Å². The summed E-state index contributed by atoms with van der Waals surface area (Å²) in [4.78, 5) is 29.6. The van der Waals surface area contributed by atoms with Gasteiger partial charge in [-0.15, -0.1) is 0 Å². The third-order valence-corrected chi connectivity index (χ3v) is 6.17. The van der Waals surface area contributed by atoms with E-state index in [1.54, 1.807) is 4.90 Å². The van der Waals surface area contributed by atoms with Crippen LogP contribution in [0.25, 0.3) is 10.8 Å². The second-order valence-electron chi connectivity index (χ2n) is 8.20. The molecule has 1 unspecified atom stereocenters. The van der Waals surface area contributed by atoms with E-state index in [-0.39, 0.29) is 24.3 Å². The molecule has 1 saturated heterocycles. The molecule has 5 nitrogen and oxygen atoms in total. The maximum atomic E-state index is 13.4. The van der Waals surface area contributed by atoms with Crippen molar-refractivity contribution in [2.24, 2.45) is 5.92 Å². The van der Waals surface area contributed by atoms with Crippen molar-refractivity contribution in [1.29, 1.82) is 0 Å². The van der Waals surface area contributed by atoms with Crippen LogP contribution in [0.5, 0.6) is 0 Å². The standard InChI is InChI=1S/C25H25N3O2/c29-24-17-28(23-13-4-3-12-22(23)26-24)25(30)20-10-6-14-27(16-20)15-19-9-5-8-18-7-1-2-11-21(18)19/h1-5,7-9,11-13,20H,6,10,14-17H2,(H,26,29). The van der Waals surface area contributed by atoms with Crippen molar-refractivity contribution in [2.75, 3.05) is 29.9 Å². The summed E-state index contributed by atoms with van der Waals surface area (Å²) >= 11 is 0. The van der Waals surface area contributed by atoms with Gasteiger partial charge in [0.15, 0.2) is 0 Å². The first kappa shape index (κ1) is 18.8. The summed E-state index contributed by atoms with van der Waals surface area (Å²) in [5.74, 6) is -0.168. The molecule has 5 rings (SSSR count). The number of hydrogen-bond donors (Lipinski definition) is 1. The molecule has 5 heteroatoms. The first-order valence-electron chi connectivity index (χ1n) is 10.6. The van der Waals surface area contributed by atoms with Crippen molar-refractivity contribution in [3.05, 3.63) is 72.3 Å². The molecule has 0 bridgehead atoms. The van der Waals surface area contributed by atoms with E-state index < -0.39 is 0 Å². The maximum absolute atomic E-state index is 13.4. The molecule has 2 heterocycles. The van der Waals surface area contributed by atoms with Gasteiger partial charge in [-0.05, 0) is 47.9 Å². The minimum absolute atomic E-state index is 0.0555. The molecule has 0 aromatic heterocycles. The van der Waals surface area contributed by atoms with Crippen LogP contribution < -0.4 is 10.2 Å². The monoisotopic (exact) mass is 399 g/mol. The summed E-state index contributed by atoms with van der Waals surface area (Å²) in [6.45, 7) is 2.64. The Hall–Kier alpha value is -3.18. The third kappa shape index (κ3) is 3.57. The highest BCUT2D eigenvalue weighted by Gasteiger charge is 2.34. The van der Waals surface area contributed by atoms with Gasteiger partial charge in [0.1, 0.15) is 6.54 Å². The number of para-hydroxylation sites is 2. The SMILES string of the molecule is O=C1CN(C(=O)C2CCCN(Cc3cccc4ccccc34)C2)c2ccccc2N1. The zero-order valence-electron chi connectivity index (χ0n) is 16.9. The number of anilines is 2. The van der Waals surface area contributed by atoms with E-state index in [0.717, 1.165) is 38.2 Å². The van der Waals surface area contributed by atoms with E-state index in [1.807, 2.05) is 24.3 Å². The number of carbonyl (C=O) groups is 2. The summed E-state index contributed by atoms with van der Waals surface area (Å²) in [7, 11) is 0. The fourth-order valence-corrected chi connectivity index (χ4v) is 4.72. The van der Waals surface area contributed by atoms with Gasteiger partial charge in [-0.2, -0.15) is 0 Å². The van der Waals surface area contributed by atoms with Crippen LogP contribution in [0.3, 0.4) is 0 Å². The molecule has 1 atom stereocenters. The number of amides is 2. The second-order valence-corrected chi connectivity index (χ2v) is 8.20. The van der Waals surface area contributed by atoms with Crippen LogP contribution in [0.15, 0.2) is 66.7 Å². The van der Waals surface area contributed by atoms with Gasteiger partial charge in [0.25, 0.3) is 0 Å². The maximum Gasteiger partial charge on any atom is 0.244 e. The molecule has 2 aliphatic rings. The number of likely N-dealkylation sites (tertiary alicyclic amines) is 1. The zero-order valence-corrected chi connectivity index (χ0v) is 16.9. The Bertz CT molecular complexity index is 1110. The van der Waals surface area contributed by atoms with Crippen molar-refractivity contribution in [3.8, 4) is 0 Å². The lowest BCUT2D eigenvalue weighted by Crippen LogP contribution is -2.48. The van der Waals surface area contributed by atoms with Crippen molar-refractivity contribution < 1.29 is 9.59 Å². The molecule has 2 aliphatic heterocycles. The van der Waals surface area contributed by atoms with E-state index >= 15 is 0 Å². The molecule has 0 saturated carbocycles. The summed E-state index contributed by atoms with van der Waals surface area (Å²) in [6, 6.07) is 22.4. The van der Waals surface area contributed by atoms with Crippen molar-refractivity contribution >= 4 is 34.0 Å². The fraction of sp³-hybridized carbons (Fsp3) is 0.280. The summed E-state index contributed by atoms with van der Waals surface area (Å²) in [5, 5.41) is 5.38. The summed E-state index contributed by atoms with van der Waals surface area (Å²) < 4.78 is 0. The second kappa shape index (κ2) is 7.92. The smallest absolute Gasteiger partial charge is 0.244 e. The Kier molecular flexibility index (Phi) is 4.97. The van der Waals surface area contributed by atoms with E-state index in [1.165, 1.54) is 16.3 Å². The highest BCUT2D eigenvalue weighted by Crippen LogP contribution is 2.32. The lowest BCUT2D eigenvalue weighted by atomic mass is 9.94. The third-order valence-electron chi connectivity index (χ3n) is 6.17. The van der Waals surface area contributed by atoms with E-state index in [2.05, 4.69) is 52.7 Å². The normalized spacial score (nSPS) is 19.4. The Balaban J connectivity index is 1.34. The van der Waals surface area contributed by atoms with Crippen molar-refractivity contribution in [2.45, 2.75) is 19.4 Å². The number of carbonyl (C=O) groups excluding carboxylic acids is 2. The van der Waals surface area contributed by atoms with E-state index in [4.69, 9.17) is 0 Å². The Morgan fingerprint density at radius 3 is 2.73 bits per heavy atom. The van der Waals surface area contributed by atoms with Crippen LogP contribution in [0.4, 0.5) is 11.4 Å². The Morgan fingerprint density at radius 2 is 1.80 bits per heavy atom. The van der Waals surface area contributed by atoms with Gasteiger partial charge in [0, 0.05) is 13.1 Å². The molecule has 1 N–H and O–H groups in total. The molecular weight excluding hydrogens is 374 g/mol. The van der Waals surface area contributed by atoms with Crippen LogP contribution >= 0.6 is 0 Å². The van der Waals surface area contributed by atoms with Crippen molar-refractivity contribution in [3.63, 3.8) is 0 Å². The largest absolute Gasteiger partial charge is 0.323 e. The quantitative estimate of drug-likeness (QED) is 0.723. The molecule has 0 aliphatic carbocycles. The van der Waals surface area contributed by atoms with Gasteiger partial charge < -0.3 is 10.2 Å². The number of piperidine rings is 1. The summed E-state index contributed by atoms with van der Waals surface area (Å²) in [6.07, 6.45) is 1.86. The Morgan fingerprint density at radius 1 is 1.00 bits per heavy atom. The van der Waals surface area contributed by atoms with Crippen molar-refractivity contribution in [1.82, 2.24) is 4.90 Å². The number of nitrogens with one attached hydrogen (secondary N) is 1. The van der Waals surface area contributed by atoms with Crippen LogP contribution in [-0.2, 0) is 16.1 Å². The molecule has 1 fully saturated rings. The molecule has 3 aromatic rings. The Labute approximate surface area is 176 Å². The molecule has 0 spiro atoms. The van der Waals surface area contributed by atoms with Gasteiger partial charge in [-0.25, -0.2) is 0 Å². The van der Waals surface area contributed by atoms with Gasteiger partial charge >= 0.3 is 0 Å². The van der Waals surface area contributed by atoms with Gasteiger partial charge in [-0.3, -0.25) is 14.5 Å². The molecule has 30 heavy (non-hydrogen) atoms. The lowest BCUT2D eigenvalue weighted by Gasteiger charge is -2.36. The molecule has 0 radical (unpaired) electrons. The number of fused-ring (bicyclic) bond motifs is 2. The molecule has 2 amide bonds. The van der Waals surface area contributed by atoms with Crippen LogP contribution in [-0.4, -0.2) is 36.3 Å². The van der Waals surface area contributed by atoms with Gasteiger partial charge in [0.2, 0.25) is 11.8 Å². The molecular formula is C25H25N3O2. The predicted molar refractivity (Wildman–Crippen MR) is 119 cm³/mol. The zero-order chi connectivity index (χ0) is 20.5.